The van der Waals surface area contributed by atoms with Crippen LogP contribution in [0.1, 0.15) is 41.7 Å². The Kier molecular flexibility index (Phi) is 5.33. The summed E-state index contributed by atoms with van der Waals surface area (Å²) in [6.45, 7) is 4.31. The van der Waals surface area contributed by atoms with E-state index < -0.39 is 5.97 Å². The highest BCUT2D eigenvalue weighted by Crippen LogP contribution is 2.27. The van der Waals surface area contributed by atoms with Crippen molar-refractivity contribution in [1.29, 1.82) is 0 Å². The number of halogens is 1. The molecule has 6 nitrogen and oxygen atoms in total. The number of carbonyl (C=O) groups excluding carboxylic acids is 1. The van der Waals surface area contributed by atoms with Gasteiger partial charge in [-0.15, -0.1) is 0 Å². The number of carbonyl (C=O) groups is 1. The molecular formula is C18H23FN4O2. The molecule has 0 unspecified atom stereocenters. The van der Waals surface area contributed by atoms with Crippen LogP contribution >= 0.6 is 0 Å². The molecule has 1 aromatic heterocycles. The standard InChI is InChI=1S/C18H23FN4O2/c1-2-25-18(24)15-11-21-23(17(15)20)14-7-9-22(10-8-14)12-13-5-3-4-6-16(13)19/h3-6,11,14H,2,7-10,12,20H2,1H3. The van der Waals surface area contributed by atoms with Crippen molar-refractivity contribution in [2.75, 3.05) is 25.4 Å². The molecule has 0 radical (unpaired) electrons. The first-order chi connectivity index (χ1) is 12.1. The average molecular weight is 346 g/mol. The third kappa shape index (κ3) is 3.82. The molecule has 1 saturated heterocycles. The Morgan fingerprint density at radius 1 is 1.36 bits per heavy atom. The van der Waals surface area contributed by atoms with Gasteiger partial charge in [0.15, 0.2) is 0 Å². The van der Waals surface area contributed by atoms with Crippen LogP contribution in [0.4, 0.5) is 10.2 Å². The fourth-order valence-electron chi connectivity index (χ4n) is 3.22. The second-order valence-electron chi connectivity index (χ2n) is 6.21. The largest absolute Gasteiger partial charge is 0.462 e. The summed E-state index contributed by atoms with van der Waals surface area (Å²) < 4.78 is 20.5. The molecule has 0 atom stereocenters. The van der Waals surface area contributed by atoms with Crippen molar-refractivity contribution in [3.63, 3.8) is 0 Å². The lowest BCUT2D eigenvalue weighted by Gasteiger charge is -2.32. The zero-order valence-electron chi connectivity index (χ0n) is 14.3. The van der Waals surface area contributed by atoms with E-state index in [0.29, 0.717) is 30.1 Å². The zero-order valence-corrected chi connectivity index (χ0v) is 14.3. The van der Waals surface area contributed by atoms with Crippen molar-refractivity contribution in [2.45, 2.75) is 32.4 Å². The normalized spacial score (nSPS) is 16.1. The quantitative estimate of drug-likeness (QED) is 0.843. The van der Waals surface area contributed by atoms with Crippen LogP contribution in [0.15, 0.2) is 30.5 Å². The third-order valence-electron chi connectivity index (χ3n) is 4.58. The Bertz CT molecular complexity index is 738. The summed E-state index contributed by atoms with van der Waals surface area (Å²) in [4.78, 5) is 14.1. The lowest BCUT2D eigenvalue weighted by atomic mass is 10.0. The van der Waals surface area contributed by atoms with Crippen LogP contribution in [0, 0.1) is 5.82 Å². The van der Waals surface area contributed by atoms with Crippen LogP contribution in [0.3, 0.4) is 0 Å². The van der Waals surface area contributed by atoms with Gasteiger partial charge in [0, 0.05) is 25.2 Å². The van der Waals surface area contributed by atoms with Crippen molar-refractivity contribution in [3.05, 3.63) is 47.4 Å². The van der Waals surface area contributed by atoms with E-state index >= 15 is 0 Å². The maximum absolute atomic E-state index is 13.8. The molecule has 1 aliphatic heterocycles. The van der Waals surface area contributed by atoms with Crippen molar-refractivity contribution >= 4 is 11.8 Å². The van der Waals surface area contributed by atoms with Crippen LogP contribution < -0.4 is 5.73 Å². The molecule has 1 fully saturated rings. The first-order valence-corrected chi connectivity index (χ1v) is 8.56. The topological polar surface area (TPSA) is 73.4 Å². The van der Waals surface area contributed by atoms with Gasteiger partial charge in [0.2, 0.25) is 0 Å². The second kappa shape index (κ2) is 7.65. The van der Waals surface area contributed by atoms with Crippen LogP contribution in [0.25, 0.3) is 0 Å². The first kappa shape index (κ1) is 17.4. The van der Waals surface area contributed by atoms with E-state index in [9.17, 15) is 9.18 Å². The van der Waals surface area contributed by atoms with Gasteiger partial charge >= 0.3 is 5.97 Å². The number of rotatable bonds is 5. The molecule has 1 aromatic carbocycles. The molecular weight excluding hydrogens is 323 g/mol. The molecule has 0 saturated carbocycles. The number of hydrogen-bond acceptors (Lipinski definition) is 5. The molecule has 25 heavy (non-hydrogen) atoms. The third-order valence-corrected chi connectivity index (χ3v) is 4.58. The highest BCUT2D eigenvalue weighted by molar-refractivity contribution is 5.94. The predicted molar refractivity (Wildman–Crippen MR) is 92.5 cm³/mol. The molecule has 0 spiro atoms. The van der Waals surface area contributed by atoms with Gasteiger partial charge in [0.25, 0.3) is 0 Å². The Morgan fingerprint density at radius 3 is 2.76 bits per heavy atom. The average Bonchev–Trinajstić information content (AvgIpc) is 2.99. The molecule has 2 N–H and O–H groups in total. The van der Waals surface area contributed by atoms with E-state index in [0.717, 1.165) is 25.9 Å². The maximum atomic E-state index is 13.8. The molecule has 0 bridgehead atoms. The minimum atomic E-state index is -0.441. The number of hydrogen-bond donors (Lipinski definition) is 1. The molecule has 0 amide bonds. The van der Waals surface area contributed by atoms with E-state index in [2.05, 4.69) is 10.00 Å². The molecule has 2 heterocycles. The van der Waals surface area contributed by atoms with Gasteiger partial charge in [-0.3, -0.25) is 4.90 Å². The van der Waals surface area contributed by atoms with Gasteiger partial charge in [0.1, 0.15) is 17.2 Å². The summed E-state index contributed by atoms with van der Waals surface area (Å²) in [5, 5.41) is 4.28. The lowest BCUT2D eigenvalue weighted by Crippen LogP contribution is -2.35. The van der Waals surface area contributed by atoms with Crippen molar-refractivity contribution in [1.82, 2.24) is 14.7 Å². The van der Waals surface area contributed by atoms with Crippen LogP contribution in [0.5, 0.6) is 0 Å². The molecule has 1 aliphatic rings. The highest BCUT2D eigenvalue weighted by atomic mass is 19.1. The minimum Gasteiger partial charge on any atom is -0.462 e. The number of esters is 1. The summed E-state index contributed by atoms with van der Waals surface area (Å²) in [6, 6.07) is 7.00. The number of ether oxygens (including phenoxy) is 1. The monoisotopic (exact) mass is 346 g/mol. The highest BCUT2D eigenvalue weighted by Gasteiger charge is 2.25. The number of nitrogen functional groups attached to an aromatic ring is 1. The van der Waals surface area contributed by atoms with Crippen molar-refractivity contribution < 1.29 is 13.9 Å². The number of piperidine rings is 1. The zero-order chi connectivity index (χ0) is 17.8. The van der Waals surface area contributed by atoms with E-state index in [-0.39, 0.29) is 11.9 Å². The fraction of sp³-hybridized carbons (Fsp3) is 0.444. The predicted octanol–water partition coefficient (Wildman–Crippen LogP) is 2.62. The Morgan fingerprint density at radius 2 is 2.08 bits per heavy atom. The summed E-state index contributed by atoms with van der Waals surface area (Å²) in [6.07, 6.45) is 3.17. The summed E-state index contributed by atoms with van der Waals surface area (Å²) in [7, 11) is 0. The van der Waals surface area contributed by atoms with Gasteiger partial charge in [0.05, 0.1) is 18.8 Å². The second-order valence-corrected chi connectivity index (χ2v) is 6.21. The number of nitrogens with zero attached hydrogens (tertiary/aromatic N) is 3. The van der Waals surface area contributed by atoms with Crippen molar-refractivity contribution in [3.8, 4) is 0 Å². The SMILES string of the molecule is CCOC(=O)c1cnn(C2CCN(Cc3ccccc3F)CC2)c1N. The summed E-state index contributed by atoms with van der Waals surface area (Å²) >= 11 is 0. The minimum absolute atomic E-state index is 0.139. The number of likely N-dealkylation sites (tertiary alicyclic amines) is 1. The van der Waals surface area contributed by atoms with Gasteiger partial charge < -0.3 is 10.5 Å². The van der Waals surface area contributed by atoms with Gasteiger partial charge in [-0.05, 0) is 25.8 Å². The molecule has 2 aromatic rings. The number of nitrogens with two attached hydrogens (primary N) is 1. The van der Waals surface area contributed by atoms with E-state index in [4.69, 9.17) is 10.5 Å². The van der Waals surface area contributed by atoms with E-state index in [1.54, 1.807) is 17.7 Å². The van der Waals surface area contributed by atoms with Gasteiger partial charge in [-0.25, -0.2) is 13.9 Å². The van der Waals surface area contributed by atoms with Crippen LogP contribution in [-0.2, 0) is 11.3 Å². The fourth-order valence-corrected chi connectivity index (χ4v) is 3.22. The number of benzene rings is 1. The van der Waals surface area contributed by atoms with E-state index in [1.165, 1.54) is 12.3 Å². The lowest BCUT2D eigenvalue weighted by molar-refractivity contribution is 0.0527. The van der Waals surface area contributed by atoms with Crippen LogP contribution in [0.2, 0.25) is 0 Å². The summed E-state index contributed by atoms with van der Waals surface area (Å²) in [5.74, 6) is -0.255. The Labute approximate surface area is 146 Å². The Balaban J connectivity index is 1.61. The Hall–Kier alpha value is -2.41. The molecule has 134 valence electrons. The summed E-state index contributed by atoms with van der Waals surface area (Å²) in [5.41, 5.74) is 7.11. The molecule has 0 aliphatic carbocycles. The maximum Gasteiger partial charge on any atom is 0.343 e. The number of aromatic nitrogens is 2. The molecule has 3 rings (SSSR count). The van der Waals surface area contributed by atoms with E-state index in [1.807, 2.05) is 12.1 Å². The van der Waals surface area contributed by atoms with Crippen molar-refractivity contribution in [2.24, 2.45) is 0 Å². The first-order valence-electron chi connectivity index (χ1n) is 8.56. The smallest absolute Gasteiger partial charge is 0.343 e. The number of anilines is 1. The van der Waals surface area contributed by atoms with Gasteiger partial charge in [-0.2, -0.15) is 5.10 Å². The molecule has 7 heteroatoms. The van der Waals surface area contributed by atoms with Gasteiger partial charge in [-0.1, -0.05) is 18.2 Å². The van der Waals surface area contributed by atoms with Crippen LogP contribution in [-0.4, -0.2) is 40.3 Å².